The number of carbonyl (C=O) groups excluding carboxylic acids is 1. The van der Waals surface area contributed by atoms with E-state index in [0.29, 0.717) is 12.2 Å². The fourth-order valence-electron chi connectivity index (χ4n) is 4.48. The van der Waals surface area contributed by atoms with Gasteiger partial charge in [0.25, 0.3) is 5.91 Å². The van der Waals surface area contributed by atoms with Crippen LogP contribution in [0.1, 0.15) is 32.1 Å². The number of rotatable bonds is 6. The Morgan fingerprint density at radius 3 is 2.17 bits per heavy atom. The third-order valence-electron chi connectivity index (χ3n) is 5.93. The summed E-state index contributed by atoms with van der Waals surface area (Å²) >= 11 is 0. The van der Waals surface area contributed by atoms with Gasteiger partial charge in [-0.2, -0.15) is 0 Å². The lowest BCUT2D eigenvalue weighted by Gasteiger charge is -2.34. The molecule has 6 heteroatoms. The average molecular weight is 414 g/mol. The predicted octanol–water partition coefficient (Wildman–Crippen LogP) is 3.69. The van der Waals surface area contributed by atoms with Crippen LogP contribution in [0.3, 0.4) is 0 Å². The molecule has 1 saturated carbocycles. The number of carbonyl (C=O) groups is 1. The Morgan fingerprint density at radius 1 is 0.897 bits per heavy atom. The van der Waals surface area contributed by atoms with E-state index in [0.717, 1.165) is 36.8 Å². The zero-order valence-corrected chi connectivity index (χ0v) is 17.3. The van der Waals surface area contributed by atoms with Crippen molar-refractivity contribution in [1.29, 1.82) is 0 Å². The van der Waals surface area contributed by atoms with E-state index in [1.165, 1.54) is 0 Å². The molecule has 1 heterocycles. The van der Waals surface area contributed by atoms with Crippen LogP contribution in [-0.2, 0) is 14.6 Å². The molecule has 0 radical (unpaired) electrons. The van der Waals surface area contributed by atoms with E-state index in [1.54, 1.807) is 0 Å². The highest BCUT2D eigenvalue weighted by molar-refractivity contribution is 7.91. The summed E-state index contributed by atoms with van der Waals surface area (Å²) in [5.41, 5.74) is 2.22. The number of hydrogen-bond donors (Lipinski definition) is 0. The zero-order valence-electron chi connectivity index (χ0n) is 16.5. The van der Waals surface area contributed by atoms with Gasteiger partial charge in [0.1, 0.15) is 5.75 Å². The summed E-state index contributed by atoms with van der Waals surface area (Å²) in [4.78, 5) is 14.8. The quantitative estimate of drug-likeness (QED) is 0.725. The summed E-state index contributed by atoms with van der Waals surface area (Å²) in [5, 5.41) is 0. The molecule has 0 bridgehead atoms. The third kappa shape index (κ3) is 4.81. The lowest BCUT2D eigenvalue weighted by atomic mass is 10.1. The second-order valence-electron chi connectivity index (χ2n) is 7.98. The summed E-state index contributed by atoms with van der Waals surface area (Å²) in [6.07, 6.45) is 4.63. The smallest absolute Gasteiger partial charge is 0.261 e. The largest absolute Gasteiger partial charge is 0.484 e. The highest BCUT2D eigenvalue weighted by Crippen LogP contribution is 2.29. The Morgan fingerprint density at radius 2 is 1.55 bits per heavy atom. The fraction of sp³-hybridized carbons (Fsp3) is 0.435. The van der Waals surface area contributed by atoms with Crippen LogP contribution in [0.5, 0.6) is 5.75 Å². The van der Waals surface area contributed by atoms with Crippen molar-refractivity contribution in [2.75, 3.05) is 18.1 Å². The summed E-state index contributed by atoms with van der Waals surface area (Å²) in [6.45, 7) is -0.0578. The van der Waals surface area contributed by atoms with Gasteiger partial charge in [-0.1, -0.05) is 55.3 Å². The highest BCUT2D eigenvalue weighted by atomic mass is 32.2. The second-order valence-corrected chi connectivity index (χ2v) is 10.2. The number of hydrogen-bond acceptors (Lipinski definition) is 4. The molecule has 2 aromatic rings. The van der Waals surface area contributed by atoms with Crippen molar-refractivity contribution in [3.05, 3.63) is 54.6 Å². The predicted molar refractivity (Wildman–Crippen MR) is 114 cm³/mol. The van der Waals surface area contributed by atoms with Gasteiger partial charge in [0.2, 0.25) is 0 Å². The molecule has 4 rings (SSSR count). The van der Waals surface area contributed by atoms with Gasteiger partial charge >= 0.3 is 0 Å². The lowest BCUT2D eigenvalue weighted by Crippen LogP contribution is -2.48. The number of nitrogens with zero attached hydrogens (tertiary/aromatic N) is 1. The van der Waals surface area contributed by atoms with E-state index in [4.69, 9.17) is 4.74 Å². The van der Waals surface area contributed by atoms with Crippen molar-refractivity contribution in [3.63, 3.8) is 0 Å². The molecular formula is C23H27NO4S. The summed E-state index contributed by atoms with van der Waals surface area (Å²) in [5.74, 6) is 0.798. The van der Waals surface area contributed by atoms with Crippen molar-refractivity contribution < 1.29 is 17.9 Å². The summed E-state index contributed by atoms with van der Waals surface area (Å²) in [7, 11) is -3.04. The molecule has 0 unspecified atom stereocenters. The van der Waals surface area contributed by atoms with Gasteiger partial charge < -0.3 is 9.64 Å². The van der Waals surface area contributed by atoms with Crippen LogP contribution < -0.4 is 4.74 Å². The molecule has 1 atom stereocenters. The van der Waals surface area contributed by atoms with E-state index in [9.17, 15) is 13.2 Å². The molecule has 29 heavy (non-hydrogen) atoms. The van der Waals surface area contributed by atoms with Gasteiger partial charge in [0.15, 0.2) is 16.4 Å². The van der Waals surface area contributed by atoms with Crippen LogP contribution in [0, 0.1) is 0 Å². The Kier molecular flexibility index (Phi) is 5.90. The minimum absolute atomic E-state index is 0.0578. The van der Waals surface area contributed by atoms with E-state index >= 15 is 0 Å². The maximum atomic E-state index is 13.0. The maximum absolute atomic E-state index is 13.0. The molecule has 1 aliphatic heterocycles. The maximum Gasteiger partial charge on any atom is 0.261 e. The van der Waals surface area contributed by atoms with Crippen molar-refractivity contribution in [2.45, 2.75) is 44.2 Å². The topological polar surface area (TPSA) is 63.7 Å². The molecular weight excluding hydrogens is 386 g/mol. The van der Waals surface area contributed by atoms with Gasteiger partial charge in [0, 0.05) is 12.1 Å². The van der Waals surface area contributed by atoms with Gasteiger partial charge in [0.05, 0.1) is 11.5 Å². The Labute approximate surface area is 172 Å². The first-order valence-corrected chi connectivity index (χ1v) is 12.1. The molecule has 5 nitrogen and oxygen atoms in total. The third-order valence-corrected chi connectivity index (χ3v) is 7.68. The lowest BCUT2D eigenvalue weighted by molar-refractivity contribution is -0.137. The van der Waals surface area contributed by atoms with Gasteiger partial charge in [-0.05, 0) is 42.5 Å². The molecule has 1 aliphatic carbocycles. The van der Waals surface area contributed by atoms with Crippen molar-refractivity contribution >= 4 is 15.7 Å². The Balaban J connectivity index is 1.41. The van der Waals surface area contributed by atoms with Gasteiger partial charge in [-0.3, -0.25) is 4.79 Å². The zero-order chi connectivity index (χ0) is 20.3. The first-order chi connectivity index (χ1) is 14.0. The van der Waals surface area contributed by atoms with E-state index < -0.39 is 9.84 Å². The highest BCUT2D eigenvalue weighted by Gasteiger charge is 2.39. The van der Waals surface area contributed by atoms with Crippen LogP contribution >= 0.6 is 0 Å². The van der Waals surface area contributed by atoms with Crippen molar-refractivity contribution in [1.82, 2.24) is 4.90 Å². The van der Waals surface area contributed by atoms with Crippen LogP contribution in [0.15, 0.2) is 54.6 Å². The van der Waals surface area contributed by atoms with Crippen molar-refractivity contribution in [2.24, 2.45) is 0 Å². The molecule has 1 amide bonds. The minimum Gasteiger partial charge on any atom is -0.484 e. The molecule has 2 aromatic carbocycles. The SMILES string of the molecule is O=C(COc1ccc(-c2ccccc2)cc1)N(C1CCCC1)[C@H]1CCS(=O)(=O)C1. The number of benzene rings is 2. The number of ether oxygens (including phenoxy) is 1. The fourth-order valence-corrected chi connectivity index (χ4v) is 6.19. The van der Waals surface area contributed by atoms with Gasteiger partial charge in [-0.25, -0.2) is 8.42 Å². The Hall–Kier alpha value is -2.34. The van der Waals surface area contributed by atoms with Crippen molar-refractivity contribution in [3.8, 4) is 16.9 Å². The van der Waals surface area contributed by atoms with E-state index in [1.807, 2.05) is 47.4 Å². The first-order valence-electron chi connectivity index (χ1n) is 10.3. The van der Waals surface area contributed by atoms with E-state index in [2.05, 4.69) is 12.1 Å². The molecule has 0 spiro atoms. The average Bonchev–Trinajstić information content (AvgIpc) is 3.38. The molecule has 0 aromatic heterocycles. The normalized spacial score (nSPS) is 21.2. The van der Waals surface area contributed by atoms with Crippen LogP contribution in [0.4, 0.5) is 0 Å². The van der Waals surface area contributed by atoms with Crippen LogP contribution in [-0.4, -0.2) is 49.4 Å². The van der Waals surface area contributed by atoms with E-state index in [-0.39, 0.29) is 36.1 Å². The number of sulfone groups is 1. The second kappa shape index (κ2) is 8.57. The molecule has 0 N–H and O–H groups in total. The van der Waals surface area contributed by atoms with Crippen LogP contribution in [0.2, 0.25) is 0 Å². The standard InChI is InChI=1S/C23H27NO4S/c25-23(24(20-8-4-5-9-20)21-14-15-29(26,27)17-21)16-28-22-12-10-19(11-13-22)18-6-2-1-3-7-18/h1-3,6-7,10-13,20-21H,4-5,8-9,14-17H2/t21-/m0/s1. The summed E-state index contributed by atoms with van der Waals surface area (Å²) in [6, 6.07) is 17.7. The monoisotopic (exact) mass is 413 g/mol. The summed E-state index contributed by atoms with van der Waals surface area (Å²) < 4.78 is 29.7. The molecule has 2 aliphatic rings. The molecule has 154 valence electrons. The van der Waals surface area contributed by atoms with Crippen LogP contribution in [0.25, 0.3) is 11.1 Å². The first kappa shape index (κ1) is 20.0. The minimum atomic E-state index is -3.04. The molecule has 1 saturated heterocycles. The number of amides is 1. The Bertz CT molecular complexity index is 935. The molecule has 2 fully saturated rings. The van der Waals surface area contributed by atoms with Gasteiger partial charge in [-0.15, -0.1) is 0 Å².